The predicted molar refractivity (Wildman–Crippen MR) is 133 cm³/mol. The van der Waals surface area contributed by atoms with Crippen LogP contribution >= 0.6 is 0 Å². The number of aromatic nitrogens is 2. The number of ether oxygens (including phenoxy) is 1. The first-order valence-electron chi connectivity index (χ1n) is 12.3. The first-order valence-corrected chi connectivity index (χ1v) is 12.3. The van der Waals surface area contributed by atoms with Crippen molar-refractivity contribution in [2.45, 2.75) is 52.4 Å². The van der Waals surface area contributed by atoms with Gasteiger partial charge in [-0.05, 0) is 61.4 Å². The van der Waals surface area contributed by atoms with Crippen LogP contribution in [0.1, 0.15) is 67.7 Å². The zero-order valence-electron chi connectivity index (χ0n) is 20.6. The molecule has 2 aliphatic rings. The Morgan fingerprint density at radius 1 is 1.12 bits per heavy atom. The summed E-state index contributed by atoms with van der Waals surface area (Å²) in [6.07, 6.45) is 3.89. The van der Waals surface area contributed by atoms with Crippen molar-refractivity contribution in [3.63, 3.8) is 0 Å². The molecule has 0 atom stereocenters. The van der Waals surface area contributed by atoms with Crippen molar-refractivity contribution in [3.8, 4) is 5.75 Å². The summed E-state index contributed by atoms with van der Waals surface area (Å²) < 4.78 is 10.9. The van der Waals surface area contributed by atoms with Crippen molar-refractivity contribution >= 4 is 22.7 Å². The summed E-state index contributed by atoms with van der Waals surface area (Å²) in [5.74, 6) is 1.34. The molecule has 2 aromatic heterocycles. The van der Waals surface area contributed by atoms with Gasteiger partial charge in [0, 0.05) is 43.5 Å². The number of hydrogen-bond acceptors (Lipinski definition) is 6. The Balaban J connectivity index is 1.42. The van der Waals surface area contributed by atoms with Crippen LogP contribution in [0.3, 0.4) is 0 Å². The minimum Gasteiger partial charge on any atom is -0.497 e. The fraction of sp³-hybridized carbons (Fsp3) is 0.519. The molecule has 1 amide bonds. The van der Waals surface area contributed by atoms with E-state index in [-0.39, 0.29) is 11.3 Å². The largest absolute Gasteiger partial charge is 0.497 e. The highest BCUT2D eigenvalue weighted by atomic mass is 16.5. The molecule has 1 aliphatic heterocycles. The Morgan fingerprint density at radius 3 is 2.56 bits per heavy atom. The molecule has 1 aromatic carbocycles. The van der Waals surface area contributed by atoms with Gasteiger partial charge < -0.3 is 19.1 Å². The summed E-state index contributed by atoms with van der Waals surface area (Å²) in [6, 6.07) is 10.1. The maximum absolute atomic E-state index is 13.9. The number of fused-ring (bicyclic) bond motifs is 1. The van der Waals surface area contributed by atoms with Crippen molar-refractivity contribution in [3.05, 3.63) is 47.3 Å². The lowest BCUT2D eigenvalue weighted by atomic mass is 9.89. The van der Waals surface area contributed by atoms with Crippen LogP contribution in [-0.2, 0) is 6.42 Å². The van der Waals surface area contributed by atoms with Gasteiger partial charge in [-0.1, -0.05) is 25.9 Å². The van der Waals surface area contributed by atoms with Crippen LogP contribution in [0.5, 0.6) is 5.75 Å². The van der Waals surface area contributed by atoms with Crippen LogP contribution in [0.25, 0.3) is 11.1 Å². The molecule has 3 heterocycles. The highest BCUT2D eigenvalue weighted by Crippen LogP contribution is 2.41. The van der Waals surface area contributed by atoms with Crippen LogP contribution < -0.4 is 9.64 Å². The fourth-order valence-electron chi connectivity index (χ4n) is 4.75. The Hall–Kier alpha value is -3.09. The molecule has 1 saturated heterocycles. The molecule has 180 valence electrons. The Labute approximate surface area is 201 Å². The molecule has 0 radical (unpaired) electrons. The molecule has 2 fully saturated rings. The molecule has 0 unspecified atom stereocenters. The normalized spacial score (nSPS) is 17.2. The minimum atomic E-state index is 0.0285. The maximum atomic E-state index is 13.9. The summed E-state index contributed by atoms with van der Waals surface area (Å²) in [5, 5.41) is 5.14. The van der Waals surface area contributed by atoms with E-state index in [1.165, 1.54) is 0 Å². The summed E-state index contributed by atoms with van der Waals surface area (Å²) in [4.78, 5) is 23.0. The molecule has 0 bridgehead atoms. The van der Waals surface area contributed by atoms with E-state index >= 15 is 0 Å². The SMILES string of the molecule is COc1ccc(N2CCCN(C(=O)c3cc(C4CC4)nc4onc(CC(C)(C)C)c34)CC2)cc1. The van der Waals surface area contributed by atoms with E-state index in [0.717, 1.165) is 73.5 Å². The van der Waals surface area contributed by atoms with Crippen LogP contribution in [0.15, 0.2) is 34.9 Å². The average molecular weight is 463 g/mol. The number of carbonyl (C=O) groups is 1. The molecular weight excluding hydrogens is 428 g/mol. The van der Waals surface area contributed by atoms with E-state index in [2.05, 4.69) is 43.0 Å². The van der Waals surface area contributed by atoms with E-state index in [1.807, 2.05) is 23.1 Å². The number of anilines is 1. The Bertz CT molecular complexity index is 1180. The maximum Gasteiger partial charge on any atom is 0.259 e. The molecule has 7 heteroatoms. The van der Waals surface area contributed by atoms with Crippen molar-refractivity contribution < 1.29 is 14.1 Å². The van der Waals surface area contributed by atoms with E-state index < -0.39 is 0 Å². The second kappa shape index (κ2) is 8.93. The molecule has 0 spiro atoms. The molecule has 1 saturated carbocycles. The van der Waals surface area contributed by atoms with Gasteiger partial charge in [-0.15, -0.1) is 0 Å². The van der Waals surface area contributed by atoms with Gasteiger partial charge in [-0.3, -0.25) is 4.79 Å². The number of hydrogen-bond donors (Lipinski definition) is 0. The number of rotatable bonds is 5. The number of carbonyl (C=O) groups excluding carboxylic acids is 1. The molecule has 5 rings (SSSR count). The number of nitrogens with zero attached hydrogens (tertiary/aromatic N) is 4. The lowest BCUT2D eigenvalue weighted by molar-refractivity contribution is 0.0768. The summed E-state index contributed by atoms with van der Waals surface area (Å²) in [7, 11) is 1.68. The van der Waals surface area contributed by atoms with Gasteiger partial charge in [0.1, 0.15) is 5.75 Å². The summed E-state index contributed by atoms with van der Waals surface area (Å²) in [6.45, 7) is 9.62. The summed E-state index contributed by atoms with van der Waals surface area (Å²) in [5.41, 5.74) is 4.18. The zero-order valence-corrected chi connectivity index (χ0v) is 20.6. The minimum absolute atomic E-state index is 0.0285. The van der Waals surface area contributed by atoms with E-state index in [9.17, 15) is 4.79 Å². The van der Waals surface area contributed by atoms with E-state index in [0.29, 0.717) is 23.7 Å². The molecular formula is C27H34N4O3. The smallest absolute Gasteiger partial charge is 0.259 e. The van der Waals surface area contributed by atoms with Gasteiger partial charge in [0.15, 0.2) is 0 Å². The zero-order chi connectivity index (χ0) is 23.9. The summed E-state index contributed by atoms with van der Waals surface area (Å²) >= 11 is 0. The monoisotopic (exact) mass is 462 g/mol. The molecule has 0 N–H and O–H groups in total. The second-order valence-corrected chi connectivity index (χ2v) is 10.7. The molecule has 3 aromatic rings. The number of pyridine rings is 1. The van der Waals surface area contributed by atoms with Gasteiger partial charge in [0.25, 0.3) is 11.6 Å². The highest BCUT2D eigenvalue weighted by molar-refractivity contribution is 6.06. The van der Waals surface area contributed by atoms with Crippen molar-refractivity contribution in [1.29, 1.82) is 0 Å². The van der Waals surface area contributed by atoms with Crippen molar-refractivity contribution in [1.82, 2.24) is 15.0 Å². The third-order valence-corrected chi connectivity index (χ3v) is 6.68. The van der Waals surface area contributed by atoms with E-state index in [1.54, 1.807) is 7.11 Å². The van der Waals surface area contributed by atoms with Gasteiger partial charge in [0.05, 0.1) is 23.8 Å². The van der Waals surface area contributed by atoms with Crippen LogP contribution in [0.4, 0.5) is 5.69 Å². The first-order chi connectivity index (χ1) is 16.3. The molecule has 1 aliphatic carbocycles. The first kappa shape index (κ1) is 22.7. The fourth-order valence-corrected chi connectivity index (χ4v) is 4.75. The lowest BCUT2D eigenvalue weighted by Gasteiger charge is -2.24. The Morgan fingerprint density at radius 2 is 1.88 bits per heavy atom. The lowest BCUT2D eigenvalue weighted by Crippen LogP contribution is -2.35. The molecule has 34 heavy (non-hydrogen) atoms. The average Bonchev–Trinajstić information content (AvgIpc) is 3.63. The van der Waals surface area contributed by atoms with Gasteiger partial charge >= 0.3 is 0 Å². The van der Waals surface area contributed by atoms with Crippen molar-refractivity contribution in [2.75, 3.05) is 38.2 Å². The van der Waals surface area contributed by atoms with E-state index in [4.69, 9.17) is 14.2 Å². The van der Waals surface area contributed by atoms with Gasteiger partial charge in [-0.2, -0.15) is 0 Å². The molecule has 7 nitrogen and oxygen atoms in total. The Kier molecular flexibility index (Phi) is 5.96. The standard InChI is InChI=1S/C27H34N4O3/c1-27(2,3)17-23-24-21(16-22(18-6-7-18)28-25(24)34-29-23)26(32)31-13-5-12-30(14-15-31)19-8-10-20(33-4)11-9-19/h8-11,16,18H,5-7,12-15,17H2,1-4H3. The number of benzene rings is 1. The number of amides is 1. The van der Waals surface area contributed by atoms with Crippen LogP contribution in [0, 0.1) is 5.41 Å². The van der Waals surface area contributed by atoms with Crippen LogP contribution in [0.2, 0.25) is 0 Å². The van der Waals surface area contributed by atoms with Gasteiger partial charge in [-0.25, -0.2) is 4.98 Å². The van der Waals surface area contributed by atoms with Gasteiger partial charge in [0.2, 0.25) is 0 Å². The quantitative estimate of drug-likeness (QED) is 0.528. The third kappa shape index (κ3) is 4.74. The predicted octanol–water partition coefficient (Wildman–Crippen LogP) is 5.05. The van der Waals surface area contributed by atoms with Crippen LogP contribution in [-0.4, -0.2) is 54.2 Å². The third-order valence-electron chi connectivity index (χ3n) is 6.68. The topological polar surface area (TPSA) is 71.7 Å². The van der Waals surface area contributed by atoms with Crippen molar-refractivity contribution in [2.24, 2.45) is 5.41 Å². The highest BCUT2D eigenvalue weighted by Gasteiger charge is 2.31. The number of methoxy groups -OCH3 is 1. The second-order valence-electron chi connectivity index (χ2n) is 10.7.